The summed E-state index contributed by atoms with van der Waals surface area (Å²) in [6.45, 7) is 4.21. The van der Waals surface area contributed by atoms with E-state index in [9.17, 15) is 9.59 Å². The van der Waals surface area contributed by atoms with Crippen molar-refractivity contribution in [1.82, 2.24) is 9.66 Å². The first-order chi connectivity index (χ1) is 15.5. The topological polar surface area (TPSA) is 82.8 Å². The normalized spacial score (nSPS) is 11.2. The number of aromatic nitrogens is 2. The molecule has 2 aromatic heterocycles. The van der Waals surface area contributed by atoms with Gasteiger partial charge in [0.15, 0.2) is 0 Å². The second-order valence-electron chi connectivity index (χ2n) is 7.12. The van der Waals surface area contributed by atoms with Gasteiger partial charge in [0, 0.05) is 10.4 Å². The number of thiophene rings is 1. The third kappa shape index (κ3) is 4.31. The van der Waals surface area contributed by atoms with Crippen LogP contribution >= 0.6 is 11.3 Å². The summed E-state index contributed by atoms with van der Waals surface area (Å²) in [5.74, 6) is 0.243. The van der Waals surface area contributed by atoms with Crippen molar-refractivity contribution in [1.29, 1.82) is 0 Å². The van der Waals surface area contributed by atoms with Crippen LogP contribution in [0.25, 0.3) is 10.2 Å². The molecule has 7 nitrogen and oxygen atoms in total. The number of fused-ring (bicyclic) bond motifs is 1. The molecule has 0 bridgehead atoms. The molecule has 0 aliphatic heterocycles. The highest BCUT2D eigenvalue weighted by Crippen LogP contribution is 2.25. The molecule has 8 heteroatoms. The van der Waals surface area contributed by atoms with Crippen molar-refractivity contribution in [2.45, 2.75) is 20.5 Å². The largest absolute Gasteiger partial charge is 0.488 e. The molecule has 0 atom stereocenters. The van der Waals surface area contributed by atoms with Gasteiger partial charge < -0.3 is 9.47 Å². The van der Waals surface area contributed by atoms with Crippen molar-refractivity contribution in [3.8, 4) is 5.75 Å². The molecule has 4 rings (SSSR count). The fourth-order valence-electron chi connectivity index (χ4n) is 3.17. The van der Waals surface area contributed by atoms with Crippen LogP contribution in [0, 0.1) is 13.8 Å². The second kappa shape index (κ2) is 9.15. The predicted molar refractivity (Wildman–Crippen MR) is 125 cm³/mol. The summed E-state index contributed by atoms with van der Waals surface area (Å²) in [7, 11) is 1.35. The molecule has 0 aliphatic rings. The number of ether oxygens (including phenoxy) is 2. The summed E-state index contributed by atoms with van der Waals surface area (Å²) in [6, 6.07) is 14.4. The molecule has 0 saturated carbocycles. The zero-order valence-corrected chi connectivity index (χ0v) is 18.7. The number of nitrogens with zero attached hydrogens (tertiary/aromatic N) is 3. The quantitative estimate of drug-likeness (QED) is 0.325. The average Bonchev–Trinajstić information content (AvgIpc) is 3.11. The highest BCUT2D eigenvalue weighted by Gasteiger charge is 2.12. The van der Waals surface area contributed by atoms with E-state index in [-0.39, 0.29) is 11.5 Å². The number of hydrogen-bond donors (Lipinski definition) is 0. The third-order valence-corrected chi connectivity index (χ3v) is 6.20. The Bertz CT molecular complexity index is 1370. The molecule has 0 unspecified atom stereocenters. The van der Waals surface area contributed by atoms with Gasteiger partial charge in [-0.15, -0.1) is 11.3 Å². The van der Waals surface area contributed by atoms with Gasteiger partial charge >= 0.3 is 5.97 Å². The van der Waals surface area contributed by atoms with E-state index in [1.165, 1.54) is 29.5 Å². The molecular formula is C24H21N3O4S. The van der Waals surface area contributed by atoms with Crippen LogP contribution in [-0.4, -0.2) is 29.0 Å². The van der Waals surface area contributed by atoms with Crippen molar-refractivity contribution >= 4 is 33.7 Å². The third-order valence-electron chi connectivity index (χ3n) is 5.08. The molecule has 0 aliphatic carbocycles. The van der Waals surface area contributed by atoms with Crippen LogP contribution in [0.3, 0.4) is 0 Å². The lowest BCUT2D eigenvalue weighted by molar-refractivity contribution is 0.0600. The summed E-state index contributed by atoms with van der Waals surface area (Å²) >= 11 is 1.50. The Morgan fingerprint density at radius 3 is 2.66 bits per heavy atom. The van der Waals surface area contributed by atoms with Crippen molar-refractivity contribution in [2.75, 3.05) is 7.11 Å². The van der Waals surface area contributed by atoms with Gasteiger partial charge in [0.05, 0.1) is 24.3 Å². The number of methoxy groups -OCH3 is 1. The fraction of sp³-hybridized carbons (Fsp3) is 0.167. The Morgan fingerprint density at radius 2 is 1.91 bits per heavy atom. The van der Waals surface area contributed by atoms with Crippen LogP contribution in [0.2, 0.25) is 0 Å². The Morgan fingerprint density at radius 1 is 1.16 bits per heavy atom. The molecule has 4 aromatic rings. The van der Waals surface area contributed by atoms with Gasteiger partial charge in [0.1, 0.15) is 23.5 Å². The van der Waals surface area contributed by atoms with Gasteiger partial charge in [0.25, 0.3) is 5.56 Å². The van der Waals surface area contributed by atoms with Crippen LogP contribution in [0.4, 0.5) is 0 Å². The maximum absolute atomic E-state index is 12.8. The van der Waals surface area contributed by atoms with Gasteiger partial charge in [0.2, 0.25) is 0 Å². The summed E-state index contributed by atoms with van der Waals surface area (Å²) in [4.78, 5) is 30.5. The first-order valence-corrected chi connectivity index (χ1v) is 10.7. The maximum atomic E-state index is 12.8. The number of carbonyl (C=O) groups is 1. The number of benzene rings is 2. The first-order valence-electron chi connectivity index (χ1n) is 9.88. The van der Waals surface area contributed by atoms with Gasteiger partial charge in [-0.1, -0.05) is 24.3 Å². The zero-order chi connectivity index (χ0) is 22.7. The summed E-state index contributed by atoms with van der Waals surface area (Å²) in [6.07, 6.45) is 3.02. The van der Waals surface area contributed by atoms with Crippen LogP contribution in [0.15, 0.2) is 64.8 Å². The number of aryl methyl sites for hydroxylation is 2. The van der Waals surface area contributed by atoms with E-state index < -0.39 is 0 Å². The number of para-hydroxylation sites is 1. The maximum Gasteiger partial charge on any atom is 0.337 e. The summed E-state index contributed by atoms with van der Waals surface area (Å²) in [5, 5.41) is 4.93. The molecule has 0 amide bonds. The van der Waals surface area contributed by atoms with E-state index in [2.05, 4.69) is 10.1 Å². The van der Waals surface area contributed by atoms with Gasteiger partial charge in [-0.3, -0.25) is 4.79 Å². The minimum Gasteiger partial charge on any atom is -0.488 e. The molecule has 0 radical (unpaired) electrons. The average molecular weight is 448 g/mol. The summed E-state index contributed by atoms with van der Waals surface area (Å²) in [5.41, 5.74) is 2.85. The Balaban J connectivity index is 1.54. The van der Waals surface area contributed by atoms with E-state index in [0.717, 1.165) is 26.4 Å². The molecule has 2 heterocycles. The highest BCUT2D eigenvalue weighted by molar-refractivity contribution is 7.18. The summed E-state index contributed by atoms with van der Waals surface area (Å²) < 4.78 is 11.9. The first kappa shape index (κ1) is 21.5. The molecular weight excluding hydrogens is 426 g/mol. The lowest BCUT2D eigenvalue weighted by Crippen LogP contribution is -2.17. The van der Waals surface area contributed by atoms with E-state index >= 15 is 0 Å². The number of rotatable bonds is 6. The van der Waals surface area contributed by atoms with E-state index in [0.29, 0.717) is 23.3 Å². The molecule has 162 valence electrons. The standard InChI is InChI=1S/C24H21N3O4S/c1-15-16(2)32-22-21(15)23(28)27(14-25-22)26-12-19-6-4-5-7-20(19)31-13-17-8-10-18(11-9-17)24(29)30-3/h4-12,14H,13H2,1-3H3. The van der Waals surface area contributed by atoms with E-state index in [4.69, 9.17) is 9.47 Å². The molecule has 0 spiro atoms. The molecule has 2 aromatic carbocycles. The molecule has 0 N–H and O–H groups in total. The molecule has 32 heavy (non-hydrogen) atoms. The minimum absolute atomic E-state index is 0.197. The highest BCUT2D eigenvalue weighted by atomic mass is 32.1. The van der Waals surface area contributed by atoms with Crippen LogP contribution in [-0.2, 0) is 11.3 Å². The number of hydrogen-bond acceptors (Lipinski definition) is 7. The number of carbonyl (C=O) groups excluding carboxylic acids is 1. The van der Waals surface area contributed by atoms with Gasteiger partial charge in [-0.2, -0.15) is 9.78 Å². The minimum atomic E-state index is -0.380. The zero-order valence-electron chi connectivity index (χ0n) is 17.9. The Labute approximate surface area is 188 Å². The Hall–Kier alpha value is -3.78. The lowest BCUT2D eigenvalue weighted by Gasteiger charge is -2.09. The van der Waals surface area contributed by atoms with Crippen LogP contribution in [0.5, 0.6) is 5.75 Å². The van der Waals surface area contributed by atoms with E-state index in [1.807, 2.05) is 50.2 Å². The Kier molecular flexibility index (Phi) is 6.13. The van der Waals surface area contributed by atoms with Crippen LogP contribution < -0.4 is 10.3 Å². The lowest BCUT2D eigenvalue weighted by atomic mass is 10.1. The van der Waals surface area contributed by atoms with E-state index in [1.54, 1.807) is 18.3 Å². The predicted octanol–water partition coefficient (Wildman–Crippen LogP) is 4.32. The second-order valence-corrected chi connectivity index (χ2v) is 8.32. The SMILES string of the molecule is COC(=O)c1ccc(COc2ccccc2C=Nn2cnc3sc(C)c(C)c3c2=O)cc1. The van der Waals surface area contributed by atoms with Gasteiger partial charge in [-0.05, 0) is 49.2 Å². The number of esters is 1. The molecule has 0 saturated heterocycles. The van der Waals surface area contributed by atoms with Crippen LogP contribution in [0.1, 0.15) is 31.9 Å². The molecule has 0 fully saturated rings. The van der Waals surface area contributed by atoms with Gasteiger partial charge in [-0.25, -0.2) is 9.78 Å². The van der Waals surface area contributed by atoms with Crippen molar-refractivity contribution in [3.63, 3.8) is 0 Å². The van der Waals surface area contributed by atoms with Crippen molar-refractivity contribution < 1.29 is 14.3 Å². The monoisotopic (exact) mass is 447 g/mol. The van der Waals surface area contributed by atoms with Crippen molar-refractivity contribution in [2.24, 2.45) is 5.10 Å². The van der Waals surface area contributed by atoms with Crippen molar-refractivity contribution in [3.05, 3.63) is 92.3 Å². The smallest absolute Gasteiger partial charge is 0.337 e. The fourth-order valence-corrected chi connectivity index (χ4v) is 4.15.